The number of carbonyl (C=O) groups excluding carboxylic acids is 2. The van der Waals surface area contributed by atoms with Crippen molar-refractivity contribution in [3.8, 4) is 6.07 Å². The van der Waals surface area contributed by atoms with Crippen LogP contribution in [0.25, 0.3) is 0 Å². The topological polar surface area (TPSA) is 73.2 Å². The standard InChI is InChI=1S/C19H18ClN3O2/c1-23(13-15-4-2-3-14(11-15)12-21)18(24)9-10-22-19(25)16-5-7-17(20)8-6-16/h2-8,11H,9-10,13H2,1H3,(H,22,25). The zero-order valence-corrected chi connectivity index (χ0v) is 14.6. The summed E-state index contributed by atoms with van der Waals surface area (Å²) in [5.41, 5.74) is 1.95. The van der Waals surface area contributed by atoms with Crippen LogP contribution in [0.4, 0.5) is 0 Å². The third-order valence-corrected chi connectivity index (χ3v) is 3.88. The van der Waals surface area contributed by atoms with Gasteiger partial charge in [0.2, 0.25) is 5.91 Å². The number of hydrogen-bond acceptors (Lipinski definition) is 3. The van der Waals surface area contributed by atoms with Crippen molar-refractivity contribution in [2.45, 2.75) is 13.0 Å². The minimum absolute atomic E-state index is 0.0845. The summed E-state index contributed by atoms with van der Waals surface area (Å²) in [5.74, 6) is -0.326. The molecule has 25 heavy (non-hydrogen) atoms. The molecular weight excluding hydrogens is 338 g/mol. The van der Waals surface area contributed by atoms with Crippen molar-refractivity contribution >= 4 is 23.4 Å². The number of nitrogens with one attached hydrogen (secondary N) is 1. The van der Waals surface area contributed by atoms with Gasteiger partial charge in [-0.15, -0.1) is 0 Å². The molecule has 0 heterocycles. The molecule has 0 aliphatic carbocycles. The number of carbonyl (C=O) groups is 2. The predicted molar refractivity (Wildman–Crippen MR) is 96.0 cm³/mol. The van der Waals surface area contributed by atoms with Crippen LogP contribution in [-0.2, 0) is 11.3 Å². The number of halogens is 1. The van der Waals surface area contributed by atoms with Gasteiger partial charge >= 0.3 is 0 Å². The smallest absolute Gasteiger partial charge is 0.251 e. The lowest BCUT2D eigenvalue weighted by atomic mass is 10.1. The third kappa shape index (κ3) is 5.63. The molecule has 2 rings (SSSR count). The average molecular weight is 356 g/mol. The van der Waals surface area contributed by atoms with E-state index in [1.54, 1.807) is 54.4 Å². The molecule has 2 amide bonds. The van der Waals surface area contributed by atoms with Crippen LogP contribution >= 0.6 is 11.6 Å². The molecule has 0 aromatic heterocycles. The molecule has 0 atom stereocenters. The van der Waals surface area contributed by atoms with Crippen molar-refractivity contribution in [2.24, 2.45) is 0 Å². The number of rotatable bonds is 6. The number of hydrogen-bond donors (Lipinski definition) is 1. The Bertz CT molecular complexity index is 797. The molecular formula is C19H18ClN3O2. The van der Waals surface area contributed by atoms with E-state index in [1.165, 1.54) is 0 Å². The Morgan fingerprint density at radius 1 is 1.20 bits per heavy atom. The van der Waals surface area contributed by atoms with Gasteiger partial charge in [0.1, 0.15) is 0 Å². The number of nitriles is 1. The molecule has 2 aromatic rings. The maximum Gasteiger partial charge on any atom is 0.251 e. The first-order chi connectivity index (χ1) is 12.0. The summed E-state index contributed by atoms with van der Waals surface area (Å²) in [7, 11) is 1.70. The Morgan fingerprint density at radius 3 is 2.60 bits per heavy atom. The van der Waals surface area contributed by atoms with E-state index in [9.17, 15) is 9.59 Å². The Labute approximate surface area is 151 Å². The van der Waals surface area contributed by atoms with Gasteiger partial charge in [-0.25, -0.2) is 0 Å². The second-order valence-electron chi connectivity index (χ2n) is 5.57. The van der Waals surface area contributed by atoms with Crippen molar-refractivity contribution in [3.63, 3.8) is 0 Å². The highest BCUT2D eigenvalue weighted by atomic mass is 35.5. The van der Waals surface area contributed by atoms with Crippen LogP contribution in [0.15, 0.2) is 48.5 Å². The Hall–Kier alpha value is -2.84. The van der Waals surface area contributed by atoms with Gasteiger partial charge in [-0.05, 0) is 42.0 Å². The van der Waals surface area contributed by atoms with Gasteiger partial charge in [-0.1, -0.05) is 23.7 Å². The van der Waals surface area contributed by atoms with E-state index in [-0.39, 0.29) is 24.8 Å². The predicted octanol–water partition coefficient (Wildman–Crippen LogP) is 2.99. The van der Waals surface area contributed by atoms with Gasteiger partial charge < -0.3 is 10.2 Å². The maximum absolute atomic E-state index is 12.2. The van der Waals surface area contributed by atoms with E-state index in [4.69, 9.17) is 16.9 Å². The first-order valence-corrected chi connectivity index (χ1v) is 8.14. The summed E-state index contributed by atoms with van der Waals surface area (Å²) in [5, 5.41) is 12.2. The summed E-state index contributed by atoms with van der Waals surface area (Å²) >= 11 is 5.78. The normalized spacial score (nSPS) is 9.96. The lowest BCUT2D eigenvalue weighted by Crippen LogP contribution is -2.31. The summed E-state index contributed by atoms with van der Waals surface area (Å²) in [4.78, 5) is 25.7. The summed E-state index contributed by atoms with van der Waals surface area (Å²) in [6.45, 7) is 0.669. The minimum atomic E-state index is -0.242. The van der Waals surface area contributed by atoms with Crippen LogP contribution in [0.3, 0.4) is 0 Å². The van der Waals surface area contributed by atoms with Gasteiger partial charge in [-0.3, -0.25) is 9.59 Å². The average Bonchev–Trinajstić information content (AvgIpc) is 2.62. The minimum Gasteiger partial charge on any atom is -0.352 e. The van der Waals surface area contributed by atoms with Crippen molar-refractivity contribution < 1.29 is 9.59 Å². The second kappa shape index (κ2) is 8.86. The van der Waals surface area contributed by atoms with Crippen LogP contribution in [0.5, 0.6) is 0 Å². The van der Waals surface area contributed by atoms with Crippen molar-refractivity contribution in [1.82, 2.24) is 10.2 Å². The quantitative estimate of drug-likeness (QED) is 0.865. The Morgan fingerprint density at radius 2 is 1.92 bits per heavy atom. The highest BCUT2D eigenvalue weighted by Gasteiger charge is 2.11. The largest absolute Gasteiger partial charge is 0.352 e. The first-order valence-electron chi connectivity index (χ1n) is 7.76. The van der Waals surface area contributed by atoms with E-state index in [0.717, 1.165) is 5.56 Å². The van der Waals surface area contributed by atoms with Crippen molar-refractivity contribution in [1.29, 1.82) is 5.26 Å². The molecule has 2 aromatic carbocycles. The van der Waals surface area contributed by atoms with Gasteiger partial charge in [0.05, 0.1) is 11.6 Å². The van der Waals surface area contributed by atoms with Crippen LogP contribution in [0.2, 0.25) is 5.02 Å². The monoisotopic (exact) mass is 355 g/mol. The van der Waals surface area contributed by atoms with Gasteiger partial charge in [0, 0.05) is 37.1 Å². The number of amides is 2. The molecule has 0 aliphatic rings. The fraction of sp³-hybridized carbons (Fsp3) is 0.211. The number of benzene rings is 2. The fourth-order valence-corrected chi connectivity index (χ4v) is 2.40. The van der Waals surface area contributed by atoms with Gasteiger partial charge in [0.15, 0.2) is 0 Å². The highest BCUT2D eigenvalue weighted by molar-refractivity contribution is 6.30. The Kier molecular flexibility index (Phi) is 6.55. The lowest BCUT2D eigenvalue weighted by molar-refractivity contribution is -0.130. The second-order valence-corrected chi connectivity index (χ2v) is 6.01. The molecule has 0 fully saturated rings. The zero-order chi connectivity index (χ0) is 18.2. The molecule has 0 unspecified atom stereocenters. The van der Waals surface area contributed by atoms with Crippen LogP contribution in [-0.4, -0.2) is 30.3 Å². The molecule has 0 saturated heterocycles. The maximum atomic E-state index is 12.2. The van der Waals surface area contributed by atoms with Gasteiger partial charge in [0.25, 0.3) is 5.91 Å². The SMILES string of the molecule is CN(Cc1cccc(C#N)c1)C(=O)CCNC(=O)c1ccc(Cl)cc1. The molecule has 1 N–H and O–H groups in total. The van der Waals surface area contributed by atoms with Crippen LogP contribution in [0, 0.1) is 11.3 Å². The summed E-state index contributed by atoms with van der Waals surface area (Å²) in [6, 6.07) is 15.8. The molecule has 0 saturated carbocycles. The molecule has 128 valence electrons. The molecule has 6 heteroatoms. The summed E-state index contributed by atoms with van der Waals surface area (Å²) < 4.78 is 0. The highest BCUT2D eigenvalue weighted by Crippen LogP contribution is 2.10. The zero-order valence-electron chi connectivity index (χ0n) is 13.8. The van der Waals surface area contributed by atoms with E-state index in [1.807, 2.05) is 6.07 Å². The molecule has 0 bridgehead atoms. The van der Waals surface area contributed by atoms with E-state index >= 15 is 0 Å². The summed E-state index contributed by atoms with van der Waals surface area (Å²) in [6.07, 6.45) is 0.202. The van der Waals surface area contributed by atoms with Crippen LogP contribution < -0.4 is 5.32 Å². The Balaban J connectivity index is 1.80. The molecule has 0 aliphatic heterocycles. The first kappa shape index (κ1) is 18.5. The van der Waals surface area contributed by atoms with Crippen LogP contribution in [0.1, 0.15) is 27.9 Å². The third-order valence-electron chi connectivity index (χ3n) is 3.63. The molecule has 0 spiro atoms. The lowest BCUT2D eigenvalue weighted by Gasteiger charge is -2.17. The van der Waals surface area contributed by atoms with E-state index < -0.39 is 0 Å². The molecule has 5 nitrogen and oxygen atoms in total. The van der Waals surface area contributed by atoms with Crippen molar-refractivity contribution in [3.05, 3.63) is 70.2 Å². The van der Waals surface area contributed by atoms with E-state index in [2.05, 4.69) is 11.4 Å². The molecule has 0 radical (unpaired) electrons. The van der Waals surface area contributed by atoms with Crippen molar-refractivity contribution in [2.75, 3.05) is 13.6 Å². The van der Waals surface area contributed by atoms with Gasteiger partial charge in [-0.2, -0.15) is 5.26 Å². The van der Waals surface area contributed by atoms with E-state index in [0.29, 0.717) is 22.7 Å². The number of nitrogens with zero attached hydrogens (tertiary/aromatic N) is 2. The fourth-order valence-electron chi connectivity index (χ4n) is 2.28.